The molecule has 0 spiro atoms. The third kappa shape index (κ3) is 5.07. The Hall–Kier alpha value is -6.25. The second kappa shape index (κ2) is 11.9. The molecule has 0 fully saturated rings. The number of benzene rings is 7. The maximum absolute atomic E-state index is 7.75. The first-order valence-corrected chi connectivity index (χ1v) is 15.9. The van der Waals surface area contributed by atoms with Crippen LogP contribution >= 0.6 is 0 Å². The molecule has 0 saturated heterocycles. The number of nitrogens with one attached hydrogen (secondary N) is 1. The Kier molecular flexibility index (Phi) is 7.16. The zero-order valence-corrected chi connectivity index (χ0v) is 25.9. The van der Waals surface area contributed by atoms with Gasteiger partial charge in [-0.3, -0.25) is 0 Å². The number of nitrogens with zero attached hydrogens (tertiary/aromatic N) is 1. The average molecular weight is 601 g/mol. The molecular formula is C45H32N2. The maximum Gasteiger partial charge on any atom is 0.0619 e. The molecule has 2 nitrogen and oxygen atoms in total. The van der Waals surface area contributed by atoms with Gasteiger partial charge in [-0.2, -0.15) is 0 Å². The molecule has 0 atom stereocenters. The van der Waals surface area contributed by atoms with Crippen LogP contribution in [-0.2, 0) is 0 Å². The molecule has 222 valence electrons. The molecule has 0 saturated carbocycles. The molecule has 0 amide bonds. The van der Waals surface area contributed by atoms with E-state index in [0.29, 0.717) is 0 Å². The molecule has 7 aromatic carbocycles. The Balaban J connectivity index is 1.29. The molecule has 47 heavy (non-hydrogen) atoms. The number of para-hydroxylation sites is 1. The molecule has 1 N–H and O–H groups in total. The number of rotatable bonds is 7. The fourth-order valence-electron chi connectivity index (χ4n) is 6.76. The van der Waals surface area contributed by atoms with Crippen LogP contribution in [0, 0.1) is 5.41 Å². The van der Waals surface area contributed by atoms with Crippen molar-refractivity contribution in [1.82, 2.24) is 4.57 Å². The molecule has 0 aliphatic carbocycles. The lowest BCUT2D eigenvalue weighted by Crippen LogP contribution is -1.94. The highest BCUT2D eigenvalue weighted by molar-refractivity contribution is 6.19. The molecule has 0 radical (unpaired) electrons. The van der Waals surface area contributed by atoms with Crippen molar-refractivity contribution >= 4 is 44.4 Å². The molecule has 8 aromatic rings. The molecule has 0 aliphatic heterocycles. The number of fused-ring (bicyclic) bond motifs is 5. The summed E-state index contributed by atoms with van der Waals surface area (Å²) < 4.78 is 2.43. The van der Waals surface area contributed by atoms with Crippen LogP contribution in [0.4, 0.5) is 0 Å². The van der Waals surface area contributed by atoms with Crippen LogP contribution in [0.25, 0.3) is 77.2 Å². The van der Waals surface area contributed by atoms with Gasteiger partial charge in [-0.05, 0) is 80.2 Å². The van der Waals surface area contributed by atoms with E-state index in [-0.39, 0.29) is 0 Å². The van der Waals surface area contributed by atoms with Gasteiger partial charge in [0.25, 0.3) is 0 Å². The van der Waals surface area contributed by atoms with E-state index in [1.807, 2.05) is 6.08 Å². The third-order valence-electron chi connectivity index (χ3n) is 9.07. The van der Waals surface area contributed by atoms with Crippen molar-refractivity contribution in [2.75, 3.05) is 0 Å². The first-order valence-electron chi connectivity index (χ1n) is 15.9. The van der Waals surface area contributed by atoms with Gasteiger partial charge >= 0.3 is 0 Å². The van der Waals surface area contributed by atoms with E-state index >= 15 is 0 Å². The summed E-state index contributed by atoms with van der Waals surface area (Å²) >= 11 is 0. The van der Waals surface area contributed by atoms with E-state index in [1.54, 1.807) is 6.08 Å². The lowest BCUT2D eigenvalue weighted by Gasteiger charge is -2.12. The molecule has 0 unspecified atom stereocenters. The lowest BCUT2D eigenvalue weighted by atomic mass is 9.97. The Bertz CT molecular complexity index is 2460. The van der Waals surface area contributed by atoms with Gasteiger partial charge in [-0.25, -0.2) is 0 Å². The van der Waals surface area contributed by atoms with Crippen molar-refractivity contribution in [3.8, 4) is 39.1 Å². The van der Waals surface area contributed by atoms with Gasteiger partial charge in [0, 0.05) is 28.1 Å². The first kappa shape index (κ1) is 28.2. The second-order valence-corrected chi connectivity index (χ2v) is 11.8. The van der Waals surface area contributed by atoms with Crippen molar-refractivity contribution < 1.29 is 0 Å². The van der Waals surface area contributed by atoms with Crippen molar-refractivity contribution in [3.63, 3.8) is 0 Å². The minimum atomic E-state index is 0.841. The number of hydrogen-bond donors (Lipinski definition) is 1. The van der Waals surface area contributed by atoms with Gasteiger partial charge in [0.1, 0.15) is 0 Å². The summed E-state index contributed by atoms with van der Waals surface area (Å²) in [7, 11) is 0. The van der Waals surface area contributed by atoms with Gasteiger partial charge in [0.15, 0.2) is 0 Å². The molecule has 1 aromatic heterocycles. The smallest absolute Gasteiger partial charge is 0.0619 e. The Morgan fingerprint density at radius 2 is 1.09 bits per heavy atom. The van der Waals surface area contributed by atoms with Crippen LogP contribution < -0.4 is 0 Å². The summed E-state index contributed by atoms with van der Waals surface area (Å²) in [6.07, 6.45) is 4.95. The first-order chi connectivity index (χ1) is 23.2. The molecule has 1 heterocycles. The summed E-state index contributed by atoms with van der Waals surface area (Å²) in [6, 6.07) is 56.7. The van der Waals surface area contributed by atoms with E-state index in [0.717, 1.165) is 28.0 Å². The summed E-state index contributed by atoms with van der Waals surface area (Å²) in [6.45, 7) is 3.78. The van der Waals surface area contributed by atoms with E-state index < -0.39 is 0 Å². The highest BCUT2D eigenvalue weighted by atomic mass is 15.0. The Morgan fingerprint density at radius 3 is 1.81 bits per heavy atom. The maximum atomic E-state index is 7.75. The minimum absolute atomic E-state index is 0.841. The van der Waals surface area contributed by atoms with Gasteiger partial charge < -0.3 is 9.98 Å². The quantitative estimate of drug-likeness (QED) is 0.139. The van der Waals surface area contributed by atoms with E-state index in [9.17, 15) is 0 Å². The average Bonchev–Trinajstić information content (AvgIpc) is 3.48. The van der Waals surface area contributed by atoms with Crippen molar-refractivity contribution in [2.24, 2.45) is 0 Å². The number of aromatic nitrogens is 1. The highest BCUT2D eigenvalue weighted by Gasteiger charge is 2.17. The zero-order valence-electron chi connectivity index (χ0n) is 25.9. The predicted molar refractivity (Wildman–Crippen MR) is 202 cm³/mol. The van der Waals surface area contributed by atoms with Crippen molar-refractivity contribution in [3.05, 3.63) is 182 Å². The third-order valence-corrected chi connectivity index (χ3v) is 9.07. The molecular weight excluding hydrogens is 569 g/mol. The van der Waals surface area contributed by atoms with Gasteiger partial charge in [0.05, 0.1) is 11.0 Å². The normalized spacial score (nSPS) is 11.7. The van der Waals surface area contributed by atoms with Gasteiger partial charge in [-0.1, -0.05) is 146 Å². The topological polar surface area (TPSA) is 28.8 Å². The predicted octanol–water partition coefficient (Wildman–Crippen LogP) is 12.2. The second-order valence-electron chi connectivity index (χ2n) is 11.8. The Labute approximate surface area is 274 Å². The van der Waals surface area contributed by atoms with Gasteiger partial charge in [-0.15, -0.1) is 0 Å². The van der Waals surface area contributed by atoms with Crippen LogP contribution in [-0.4, -0.2) is 10.8 Å². The minimum Gasteiger partial charge on any atom is -0.309 e. The Morgan fingerprint density at radius 1 is 0.511 bits per heavy atom. The summed E-state index contributed by atoms with van der Waals surface area (Å²) in [4.78, 5) is 0. The van der Waals surface area contributed by atoms with Crippen LogP contribution in [0.1, 0.15) is 5.56 Å². The molecule has 2 heteroatoms. The molecule has 0 bridgehead atoms. The number of hydrogen-bond acceptors (Lipinski definition) is 1. The summed E-state index contributed by atoms with van der Waals surface area (Å²) in [5, 5.41) is 12.6. The van der Waals surface area contributed by atoms with Crippen LogP contribution in [0.3, 0.4) is 0 Å². The highest BCUT2D eigenvalue weighted by Crippen LogP contribution is 2.39. The van der Waals surface area contributed by atoms with E-state index in [2.05, 4.69) is 169 Å². The SMILES string of the molecule is C=C/C=C(\C=N)c1ccc(-c2ccc3c(ccc4c5ccc(-c6cccc(-c7ccccc7)c6)cc5n(-c5ccccc5)c34)c2)cc1. The van der Waals surface area contributed by atoms with Crippen LogP contribution in [0.15, 0.2) is 176 Å². The summed E-state index contributed by atoms with van der Waals surface area (Å²) in [5.41, 5.74) is 12.5. The van der Waals surface area contributed by atoms with Crippen LogP contribution in [0.5, 0.6) is 0 Å². The summed E-state index contributed by atoms with van der Waals surface area (Å²) in [5.74, 6) is 0. The standard InChI is InChI=1S/C45H32N2/c1-2-10-39(30-46)33-19-17-32(18-20-33)36-21-24-41-38(28-36)23-26-43-42-25-22-37(29-44(42)47(45(41)43)40-15-7-4-8-16-40)35-14-9-13-34(27-35)31-11-5-3-6-12-31/h2-30,46H,1H2/b39-10+,46-30?. The van der Waals surface area contributed by atoms with Gasteiger partial charge in [0.2, 0.25) is 0 Å². The van der Waals surface area contributed by atoms with E-state index in [1.165, 1.54) is 61.0 Å². The fraction of sp³-hybridized carbons (Fsp3) is 0. The monoisotopic (exact) mass is 600 g/mol. The van der Waals surface area contributed by atoms with Crippen molar-refractivity contribution in [1.29, 1.82) is 5.41 Å². The fourth-order valence-corrected chi connectivity index (χ4v) is 6.76. The molecule has 0 aliphatic rings. The largest absolute Gasteiger partial charge is 0.309 e. The zero-order chi connectivity index (χ0) is 31.7. The van der Waals surface area contributed by atoms with Crippen molar-refractivity contribution in [2.45, 2.75) is 0 Å². The van der Waals surface area contributed by atoms with E-state index in [4.69, 9.17) is 5.41 Å². The number of allylic oxidation sites excluding steroid dienone is 3. The lowest BCUT2D eigenvalue weighted by molar-refractivity contribution is 1.19. The molecule has 8 rings (SSSR count). The van der Waals surface area contributed by atoms with Crippen LogP contribution in [0.2, 0.25) is 0 Å².